The summed E-state index contributed by atoms with van der Waals surface area (Å²) in [6, 6.07) is 3.87. The number of esters is 1. The summed E-state index contributed by atoms with van der Waals surface area (Å²) < 4.78 is 6.46. The van der Waals surface area contributed by atoms with Crippen molar-refractivity contribution in [2.24, 2.45) is 11.7 Å². The quantitative estimate of drug-likeness (QED) is 0.350. The summed E-state index contributed by atoms with van der Waals surface area (Å²) in [5.41, 5.74) is 5.98. The minimum absolute atomic E-state index is 0. The molecule has 1 saturated heterocycles. The Bertz CT molecular complexity index is 1040. The third kappa shape index (κ3) is 8.22. The maximum absolute atomic E-state index is 13.0. The molecule has 2 amide bonds. The molecule has 10 nitrogen and oxygen atoms in total. The molecule has 200 valence electrons. The number of ether oxygens (including phenoxy) is 1. The van der Waals surface area contributed by atoms with Crippen molar-refractivity contribution in [2.75, 3.05) is 18.4 Å². The van der Waals surface area contributed by atoms with E-state index in [1.807, 2.05) is 0 Å². The van der Waals surface area contributed by atoms with Crippen molar-refractivity contribution < 1.29 is 19.1 Å². The molecule has 1 aliphatic heterocycles. The van der Waals surface area contributed by atoms with E-state index < -0.39 is 23.8 Å². The third-order valence-corrected chi connectivity index (χ3v) is 6.05. The van der Waals surface area contributed by atoms with Crippen LogP contribution in [0.15, 0.2) is 24.4 Å². The van der Waals surface area contributed by atoms with Gasteiger partial charge in [-0.1, -0.05) is 43.1 Å². The molecule has 1 fully saturated rings. The molecule has 14 heteroatoms. The maximum atomic E-state index is 13.0. The monoisotopic (exact) mass is 582 g/mol. The van der Waals surface area contributed by atoms with E-state index in [0.29, 0.717) is 0 Å². The van der Waals surface area contributed by atoms with Gasteiger partial charge in [0, 0.05) is 6.04 Å². The van der Waals surface area contributed by atoms with Crippen molar-refractivity contribution in [1.29, 1.82) is 0 Å². The van der Waals surface area contributed by atoms with E-state index in [4.69, 9.17) is 33.7 Å². The molecule has 1 aliphatic rings. The standard InChI is InChI=1S/C22H28Cl2N6O4.2ClH/c1-12(2)18(25)22(33)34-11-30-10-16(28-20(31)17-14(23)4-3-5-15(17)24)19(29-30)21(32)27-13-6-8-26-9-7-13;;/h3-5,10,12-13,18,26H,6-9,11,25H2,1-2H3,(H,27,32)(H,28,31);2*1H. The van der Waals surface area contributed by atoms with Gasteiger partial charge in [0.1, 0.15) is 6.04 Å². The molecule has 2 heterocycles. The number of benzene rings is 1. The first-order valence-corrected chi connectivity index (χ1v) is 11.7. The van der Waals surface area contributed by atoms with Crippen molar-refractivity contribution >= 4 is 71.5 Å². The van der Waals surface area contributed by atoms with Crippen molar-refractivity contribution in [3.05, 3.63) is 45.7 Å². The Balaban J connectivity index is 0.00000324. The number of hydrogen-bond acceptors (Lipinski definition) is 7. The molecule has 2 aromatic rings. The second-order valence-electron chi connectivity index (χ2n) is 8.34. The Labute approximate surface area is 231 Å². The van der Waals surface area contributed by atoms with Gasteiger partial charge in [-0.25, -0.2) is 4.68 Å². The van der Waals surface area contributed by atoms with E-state index in [9.17, 15) is 14.4 Å². The highest BCUT2D eigenvalue weighted by atomic mass is 35.5. The molecule has 0 saturated carbocycles. The summed E-state index contributed by atoms with van der Waals surface area (Å²) in [7, 11) is 0. The number of piperidine rings is 1. The van der Waals surface area contributed by atoms with Gasteiger partial charge in [0.2, 0.25) is 0 Å². The smallest absolute Gasteiger partial charge is 0.324 e. The van der Waals surface area contributed by atoms with Gasteiger partial charge < -0.3 is 26.4 Å². The molecule has 1 atom stereocenters. The Morgan fingerprint density at radius 3 is 2.36 bits per heavy atom. The molecule has 3 rings (SSSR count). The summed E-state index contributed by atoms with van der Waals surface area (Å²) in [6.07, 6.45) is 2.94. The fourth-order valence-electron chi connectivity index (χ4n) is 3.36. The predicted molar refractivity (Wildman–Crippen MR) is 143 cm³/mol. The molecule has 0 bridgehead atoms. The number of carbonyl (C=O) groups excluding carboxylic acids is 3. The van der Waals surface area contributed by atoms with Crippen LogP contribution in [-0.4, -0.2) is 52.7 Å². The van der Waals surface area contributed by atoms with Gasteiger partial charge >= 0.3 is 5.97 Å². The summed E-state index contributed by atoms with van der Waals surface area (Å²) in [4.78, 5) is 38.0. The Morgan fingerprint density at radius 2 is 1.78 bits per heavy atom. The summed E-state index contributed by atoms with van der Waals surface area (Å²) in [6.45, 7) is 4.91. The number of rotatable bonds is 8. The maximum Gasteiger partial charge on any atom is 0.324 e. The van der Waals surface area contributed by atoms with Crippen molar-refractivity contribution in [3.63, 3.8) is 0 Å². The first-order valence-electron chi connectivity index (χ1n) is 10.9. The second-order valence-corrected chi connectivity index (χ2v) is 9.16. The van der Waals surface area contributed by atoms with E-state index >= 15 is 0 Å². The fraction of sp³-hybridized carbons (Fsp3) is 0.455. The van der Waals surface area contributed by atoms with E-state index in [-0.39, 0.29) is 70.5 Å². The number of nitrogens with zero attached hydrogens (tertiary/aromatic N) is 2. The number of nitrogens with one attached hydrogen (secondary N) is 3. The Morgan fingerprint density at radius 1 is 1.17 bits per heavy atom. The predicted octanol–water partition coefficient (Wildman–Crippen LogP) is 3.25. The van der Waals surface area contributed by atoms with Crippen molar-refractivity contribution in [1.82, 2.24) is 20.4 Å². The molecule has 0 radical (unpaired) electrons. The number of amides is 2. The van der Waals surface area contributed by atoms with Crippen LogP contribution in [0.4, 0.5) is 5.69 Å². The van der Waals surface area contributed by atoms with Crippen molar-refractivity contribution in [3.8, 4) is 0 Å². The van der Waals surface area contributed by atoms with Crippen LogP contribution in [0.1, 0.15) is 47.5 Å². The zero-order valence-corrected chi connectivity index (χ0v) is 22.9. The van der Waals surface area contributed by atoms with Crippen LogP contribution in [0, 0.1) is 5.92 Å². The van der Waals surface area contributed by atoms with Gasteiger partial charge in [-0.05, 0) is 44.0 Å². The topological polar surface area (TPSA) is 140 Å². The van der Waals surface area contributed by atoms with Crippen LogP contribution in [0.5, 0.6) is 0 Å². The SMILES string of the molecule is CC(C)C(N)C(=O)OCn1cc(NC(=O)c2c(Cl)cccc2Cl)c(C(=O)NC2CCNCC2)n1.Cl.Cl. The van der Waals surface area contributed by atoms with Gasteiger partial charge in [-0.3, -0.25) is 14.4 Å². The van der Waals surface area contributed by atoms with Crippen molar-refractivity contribution in [2.45, 2.75) is 45.5 Å². The third-order valence-electron chi connectivity index (χ3n) is 5.42. The lowest BCUT2D eigenvalue weighted by Gasteiger charge is -2.23. The number of halogens is 4. The van der Waals surface area contributed by atoms with Crippen LogP contribution < -0.4 is 21.7 Å². The van der Waals surface area contributed by atoms with Gasteiger partial charge in [-0.2, -0.15) is 5.10 Å². The first kappa shape index (κ1) is 31.9. The Hall–Kier alpha value is -2.08. The summed E-state index contributed by atoms with van der Waals surface area (Å²) in [5.74, 6) is -1.77. The summed E-state index contributed by atoms with van der Waals surface area (Å²) in [5, 5.41) is 13.4. The van der Waals surface area contributed by atoms with Gasteiger partial charge in [0.15, 0.2) is 12.4 Å². The molecule has 0 spiro atoms. The number of nitrogens with two attached hydrogens (primary N) is 1. The van der Waals surface area contributed by atoms with E-state index in [0.717, 1.165) is 25.9 Å². The second kappa shape index (κ2) is 14.6. The average molecular weight is 584 g/mol. The molecule has 5 N–H and O–H groups in total. The highest BCUT2D eigenvalue weighted by molar-refractivity contribution is 6.40. The molecular formula is C22H30Cl4N6O4. The molecule has 36 heavy (non-hydrogen) atoms. The molecule has 1 aromatic carbocycles. The molecule has 1 unspecified atom stereocenters. The molecular weight excluding hydrogens is 554 g/mol. The minimum atomic E-state index is -0.792. The summed E-state index contributed by atoms with van der Waals surface area (Å²) >= 11 is 12.3. The van der Waals surface area contributed by atoms with Crippen LogP contribution in [0.2, 0.25) is 10.0 Å². The normalized spacial score (nSPS) is 14.3. The average Bonchev–Trinajstić information content (AvgIpc) is 3.20. The Kier molecular flexibility index (Phi) is 13.0. The van der Waals surface area contributed by atoms with Crippen LogP contribution in [0.25, 0.3) is 0 Å². The van der Waals surface area contributed by atoms with Gasteiger partial charge in [-0.15, -0.1) is 24.8 Å². The van der Waals surface area contributed by atoms with E-state index in [2.05, 4.69) is 21.0 Å². The van der Waals surface area contributed by atoms with Gasteiger partial charge in [0.05, 0.1) is 27.5 Å². The van der Waals surface area contributed by atoms with Crippen LogP contribution in [-0.2, 0) is 16.3 Å². The number of aromatic nitrogens is 2. The van der Waals surface area contributed by atoms with Crippen LogP contribution in [0.3, 0.4) is 0 Å². The van der Waals surface area contributed by atoms with E-state index in [1.165, 1.54) is 23.0 Å². The highest BCUT2D eigenvalue weighted by Gasteiger charge is 2.25. The number of hydrogen-bond donors (Lipinski definition) is 4. The molecule has 0 aliphatic carbocycles. The minimum Gasteiger partial charge on any atom is -0.441 e. The van der Waals surface area contributed by atoms with Crippen LogP contribution >= 0.6 is 48.0 Å². The van der Waals surface area contributed by atoms with Gasteiger partial charge in [0.25, 0.3) is 11.8 Å². The lowest BCUT2D eigenvalue weighted by molar-refractivity contribution is -0.150. The lowest BCUT2D eigenvalue weighted by Crippen LogP contribution is -2.43. The van der Waals surface area contributed by atoms with E-state index in [1.54, 1.807) is 19.9 Å². The zero-order chi connectivity index (χ0) is 24.8. The zero-order valence-electron chi connectivity index (χ0n) is 19.8. The lowest BCUT2D eigenvalue weighted by atomic mass is 10.1. The highest BCUT2D eigenvalue weighted by Crippen LogP contribution is 2.26. The largest absolute Gasteiger partial charge is 0.441 e. The number of carbonyl (C=O) groups is 3. The molecule has 1 aromatic heterocycles. The fourth-order valence-corrected chi connectivity index (χ4v) is 3.93. The first-order chi connectivity index (χ1) is 16.2. The number of anilines is 1.